The summed E-state index contributed by atoms with van der Waals surface area (Å²) < 4.78 is 36.0. The molecule has 1 rings (SSSR count). The van der Waals surface area contributed by atoms with E-state index >= 15 is 0 Å². The first-order valence-electron chi connectivity index (χ1n) is 3.25. The second-order valence-corrected chi connectivity index (χ2v) is 3.06. The zero-order valence-electron chi connectivity index (χ0n) is 6.38. The fraction of sp³-hybridized carbons (Fsp3) is 0.286. The topological polar surface area (TPSA) is 33.1 Å². The van der Waals surface area contributed by atoms with Crippen LogP contribution in [-0.2, 0) is 0 Å². The van der Waals surface area contributed by atoms with Crippen LogP contribution in [-0.4, -0.2) is 16.3 Å². The first kappa shape index (κ1) is 10.2. The van der Waals surface area contributed by atoms with Crippen molar-refractivity contribution in [1.82, 2.24) is 4.98 Å². The fourth-order valence-corrected chi connectivity index (χ4v) is 1.26. The lowest BCUT2D eigenvalue weighted by molar-refractivity contribution is -0.105. The Morgan fingerprint density at radius 3 is 2.62 bits per heavy atom. The summed E-state index contributed by atoms with van der Waals surface area (Å²) in [5.41, 5.74) is 0.132. The van der Waals surface area contributed by atoms with Crippen molar-refractivity contribution >= 4 is 11.3 Å². The average molecular weight is 209 g/mol. The number of hydrogen-bond acceptors (Lipinski definition) is 3. The SMILES string of the molecule is C=C(C(O)c1cscn1)C(F)(F)F. The Balaban J connectivity index is 2.81. The Hall–Kier alpha value is -0.880. The van der Waals surface area contributed by atoms with Gasteiger partial charge in [0.05, 0.1) is 16.8 Å². The number of rotatable bonds is 2. The van der Waals surface area contributed by atoms with Gasteiger partial charge in [0.15, 0.2) is 0 Å². The number of halogens is 3. The maximum Gasteiger partial charge on any atom is 0.414 e. The lowest BCUT2D eigenvalue weighted by Crippen LogP contribution is -2.17. The molecule has 2 nitrogen and oxygen atoms in total. The molecule has 0 aromatic carbocycles. The van der Waals surface area contributed by atoms with Gasteiger partial charge in [-0.05, 0) is 0 Å². The van der Waals surface area contributed by atoms with Crippen LogP contribution < -0.4 is 0 Å². The summed E-state index contributed by atoms with van der Waals surface area (Å²) in [6.45, 7) is 2.77. The van der Waals surface area contributed by atoms with Gasteiger partial charge in [0.2, 0.25) is 0 Å². The van der Waals surface area contributed by atoms with Crippen LogP contribution in [0.2, 0.25) is 0 Å². The highest BCUT2D eigenvalue weighted by Crippen LogP contribution is 2.33. The summed E-state index contributed by atoms with van der Waals surface area (Å²) in [5.74, 6) is 0. The second kappa shape index (κ2) is 3.47. The number of aromatic nitrogens is 1. The molecule has 6 heteroatoms. The number of hydrogen-bond donors (Lipinski definition) is 1. The molecule has 0 amide bonds. The van der Waals surface area contributed by atoms with Gasteiger partial charge in [-0.1, -0.05) is 6.58 Å². The molecule has 13 heavy (non-hydrogen) atoms. The Labute approximate surface area is 76.4 Å². The molecule has 1 N–H and O–H groups in total. The van der Waals surface area contributed by atoms with Gasteiger partial charge in [0.1, 0.15) is 6.10 Å². The van der Waals surface area contributed by atoms with Gasteiger partial charge < -0.3 is 5.11 Å². The van der Waals surface area contributed by atoms with Gasteiger partial charge in [-0.2, -0.15) is 13.2 Å². The van der Waals surface area contributed by atoms with E-state index in [0.29, 0.717) is 0 Å². The lowest BCUT2D eigenvalue weighted by Gasteiger charge is -2.14. The van der Waals surface area contributed by atoms with Crippen LogP contribution >= 0.6 is 11.3 Å². The Bertz CT molecular complexity index is 293. The van der Waals surface area contributed by atoms with Gasteiger partial charge in [-0.15, -0.1) is 11.3 Å². The van der Waals surface area contributed by atoms with Crippen molar-refractivity contribution in [3.8, 4) is 0 Å². The summed E-state index contributed by atoms with van der Waals surface area (Å²) in [4.78, 5) is 3.56. The molecule has 0 bridgehead atoms. The Morgan fingerprint density at radius 1 is 1.62 bits per heavy atom. The number of alkyl halides is 3. The Kier molecular flexibility index (Phi) is 2.72. The summed E-state index contributed by atoms with van der Waals surface area (Å²) >= 11 is 1.12. The van der Waals surface area contributed by atoms with Gasteiger partial charge in [-0.25, -0.2) is 4.98 Å². The highest BCUT2D eigenvalue weighted by Gasteiger charge is 2.37. The molecule has 0 aliphatic heterocycles. The molecule has 0 aliphatic rings. The summed E-state index contributed by atoms with van der Waals surface area (Å²) in [7, 11) is 0. The fourth-order valence-electron chi connectivity index (χ4n) is 0.690. The maximum atomic E-state index is 12.0. The molecule has 0 saturated carbocycles. The zero-order valence-corrected chi connectivity index (χ0v) is 7.19. The smallest absolute Gasteiger partial charge is 0.382 e. The largest absolute Gasteiger partial charge is 0.414 e. The molecule has 72 valence electrons. The van der Waals surface area contributed by atoms with E-state index in [0.717, 1.165) is 11.3 Å². The van der Waals surface area contributed by atoms with Crippen molar-refractivity contribution < 1.29 is 18.3 Å². The summed E-state index contributed by atoms with van der Waals surface area (Å²) in [6.07, 6.45) is -6.34. The molecule has 1 aromatic heterocycles. The van der Waals surface area contributed by atoms with E-state index in [2.05, 4.69) is 11.6 Å². The van der Waals surface area contributed by atoms with E-state index in [4.69, 9.17) is 5.11 Å². The first-order valence-corrected chi connectivity index (χ1v) is 4.19. The molecule has 1 heterocycles. The second-order valence-electron chi connectivity index (χ2n) is 2.34. The van der Waals surface area contributed by atoms with Crippen LogP contribution in [0.3, 0.4) is 0 Å². The minimum Gasteiger partial charge on any atom is -0.382 e. The zero-order chi connectivity index (χ0) is 10.1. The molecule has 0 spiro atoms. The van der Waals surface area contributed by atoms with E-state index in [1.807, 2.05) is 0 Å². The van der Waals surface area contributed by atoms with E-state index in [1.54, 1.807) is 0 Å². The normalized spacial score (nSPS) is 14.2. The van der Waals surface area contributed by atoms with Crippen molar-refractivity contribution in [1.29, 1.82) is 0 Å². The monoisotopic (exact) mass is 209 g/mol. The number of aliphatic hydroxyl groups is 1. The first-order chi connectivity index (χ1) is 5.93. The summed E-state index contributed by atoms with van der Waals surface area (Å²) in [5, 5.41) is 10.5. The molecule has 0 fully saturated rings. The van der Waals surface area contributed by atoms with Crippen molar-refractivity contribution in [3.63, 3.8) is 0 Å². The molecular formula is C7H6F3NOS. The van der Waals surface area contributed by atoms with Crippen LogP contribution in [0.15, 0.2) is 23.0 Å². The molecule has 0 aliphatic carbocycles. The van der Waals surface area contributed by atoms with E-state index in [1.165, 1.54) is 10.9 Å². The predicted molar refractivity (Wildman–Crippen MR) is 42.3 cm³/mol. The minimum atomic E-state index is -4.58. The minimum absolute atomic E-state index is 0.0210. The van der Waals surface area contributed by atoms with Gasteiger partial charge in [0, 0.05) is 5.38 Å². The van der Waals surface area contributed by atoms with E-state index < -0.39 is 17.9 Å². The highest BCUT2D eigenvalue weighted by molar-refractivity contribution is 7.07. The summed E-state index contributed by atoms with van der Waals surface area (Å²) in [6, 6.07) is 0. The number of nitrogens with zero attached hydrogens (tertiary/aromatic N) is 1. The van der Waals surface area contributed by atoms with E-state index in [9.17, 15) is 13.2 Å². The number of thiazole rings is 1. The maximum absolute atomic E-state index is 12.0. The van der Waals surface area contributed by atoms with Gasteiger partial charge >= 0.3 is 6.18 Å². The molecule has 0 saturated heterocycles. The van der Waals surface area contributed by atoms with Crippen molar-refractivity contribution in [2.45, 2.75) is 12.3 Å². The van der Waals surface area contributed by atoms with Gasteiger partial charge in [0.25, 0.3) is 0 Å². The van der Waals surface area contributed by atoms with Crippen LogP contribution in [0.4, 0.5) is 13.2 Å². The standard InChI is InChI=1S/C7H6F3NOS/c1-4(7(8,9)10)6(12)5-2-13-3-11-5/h2-3,6,12H,1H2. The van der Waals surface area contributed by atoms with E-state index in [-0.39, 0.29) is 5.69 Å². The van der Waals surface area contributed by atoms with Crippen molar-refractivity contribution in [2.24, 2.45) is 0 Å². The van der Waals surface area contributed by atoms with Crippen LogP contribution in [0.5, 0.6) is 0 Å². The third-order valence-electron chi connectivity index (χ3n) is 1.43. The van der Waals surface area contributed by atoms with Crippen LogP contribution in [0.25, 0.3) is 0 Å². The van der Waals surface area contributed by atoms with Gasteiger partial charge in [-0.3, -0.25) is 0 Å². The van der Waals surface area contributed by atoms with Crippen LogP contribution in [0.1, 0.15) is 11.8 Å². The third-order valence-corrected chi connectivity index (χ3v) is 2.03. The predicted octanol–water partition coefficient (Wildman–Crippen LogP) is 2.29. The third kappa shape index (κ3) is 2.28. The molecule has 1 unspecified atom stereocenters. The number of aliphatic hydroxyl groups excluding tert-OH is 1. The van der Waals surface area contributed by atoms with Crippen molar-refractivity contribution in [3.05, 3.63) is 28.7 Å². The average Bonchev–Trinajstić information content (AvgIpc) is 2.51. The quantitative estimate of drug-likeness (QED) is 0.758. The molecule has 0 radical (unpaired) electrons. The Morgan fingerprint density at radius 2 is 2.23 bits per heavy atom. The highest BCUT2D eigenvalue weighted by atomic mass is 32.1. The van der Waals surface area contributed by atoms with Crippen LogP contribution in [0, 0.1) is 0 Å². The molecule has 1 aromatic rings. The lowest BCUT2D eigenvalue weighted by atomic mass is 10.1. The molecule has 1 atom stereocenters. The van der Waals surface area contributed by atoms with Crippen molar-refractivity contribution in [2.75, 3.05) is 0 Å². The molecular weight excluding hydrogens is 203 g/mol.